The molecule has 6 nitrogen and oxygen atoms in total. The Balaban J connectivity index is 2.62. The number of carbonyl (C=O) groups excluding carboxylic acids is 1. The van der Waals surface area contributed by atoms with E-state index in [0.717, 1.165) is 13.1 Å². The monoisotopic (exact) mass is 315 g/mol. The Morgan fingerprint density at radius 1 is 1.24 bits per heavy atom. The number of amides is 1. The number of hydrogen-bond acceptors (Lipinski definition) is 5. The molecule has 2 N–H and O–H groups in total. The van der Waals surface area contributed by atoms with E-state index in [1.54, 1.807) is 12.1 Å². The zero-order chi connectivity index (χ0) is 15.8. The van der Waals surface area contributed by atoms with Gasteiger partial charge < -0.3 is 25.0 Å². The van der Waals surface area contributed by atoms with E-state index in [-0.39, 0.29) is 12.5 Å². The van der Waals surface area contributed by atoms with Crippen molar-refractivity contribution in [2.75, 3.05) is 53.3 Å². The summed E-state index contributed by atoms with van der Waals surface area (Å²) in [6.45, 7) is 1.83. The molecule has 1 aromatic rings. The van der Waals surface area contributed by atoms with Crippen molar-refractivity contribution < 1.29 is 14.3 Å². The molecule has 0 unspecified atom stereocenters. The van der Waals surface area contributed by atoms with Crippen LogP contribution in [0.2, 0.25) is 5.02 Å². The first-order valence-corrected chi connectivity index (χ1v) is 6.92. The number of methoxy groups -OCH3 is 2. The molecule has 1 rings (SSSR count). The molecule has 0 aliphatic rings. The number of likely N-dealkylation sites (N-methyl/N-ethyl adjacent to an activating group) is 1. The summed E-state index contributed by atoms with van der Waals surface area (Å²) < 4.78 is 10.3. The van der Waals surface area contributed by atoms with Crippen molar-refractivity contribution in [2.45, 2.75) is 0 Å². The topological polar surface area (TPSA) is 62.8 Å². The Kier molecular flexibility index (Phi) is 7.28. The number of rotatable bonds is 8. The number of hydrogen-bond donors (Lipinski definition) is 2. The van der Waals surface area contributed by atoms with E-state index in [4.69, 9.17) is 21.1 Å². The van der Waals surface area contributed by atoms with E-state index >= 15 is 0 Å². The van der Waals surface area contributed by atoms with Crippen molar-refractivity contribution in [1.29, 1.82) is 0 Å². The molecule has 0 radical (unpaired) electrons. The second-order valence-corrected chi connectivity index (χ2v) is 5.12. The lowest BCUT2D eigenvalue weighted by molar-refractivity contribution is -0.115. The van der Waals surface area contributed by atoms with Crippen molar-refractivity contribution in [2.24, 2.45) is 0 Å². The van der Waals surface area contributed by atoms with E-state index in [1.165, 1.54) is 14.2 Å². The van der Waals surface area contributed by atoms with Gasteiger partial charge in [0.2, 0.25) is 5.91 Å². The highest BCUT2D eigenvalue weighted by atomic mass is 35.5. The Labute approximate surface area is 130 Å². The highest BCUT2D eigenvalue weighted by Gasteiger charge is 2.12. The van der Waals surface area contributed by atoms with Crippen LogP contribution in [-0.4, -0.2) is 58.8 Å². The third kappa shape index (κ3) is 5.79. The minimum absolute atomic E-state index is 0.156. The molecule has 0 saturated carbocycles. The molecular formula is C14H22ClN3O3. The molecule has 7 heteroatoms. The third-order valence-electron chi connectivity index (χ3n) is 2.77. The fraction of sp³-hybridized carbons (Fsp3) is 0.500. The lowest BCUT2D eigenvalue weighted by atomic mass is 10.2. The maximum Gasteiger partial charge on any atom is 0.238 e. The highest BCUT2D eigenvalue weighted by molar-refractivity contribution is 6.32. The van der Waals surface area contributed by atoms with Gasteiger partial charge in [0, 0.05) is 25.2 Å². The molecule has 0 aromatic heterocycles. The van der Waals surface area contributed by atoms with Gasteiger partial charge in [-0.25, -0.2) is 0 Å². The molecule has 0 aliphatic heterocycles. The lowest BCUT2D eigenvalue weighted by Gasteiger charge is -2.14. The normalized spacial score (nSPS) is 10.6. The second kappa shape index (κ2) is 8.71. The maximum absolute atomic E-state index is 11.9. The molecule has 0 bridgehead atoms. The van der Waals surface area contributed by atoms with Gasteiger partial charge in [-0.2, -0.15) is 0 Å². The summed E-state index contributed by atoms with van der Waals surface area (Å²) in [6, 6.07) is 3.24. The molecule has 0 saturated heterocycles. The van der Waals surface area contributed by atoms with E-state index in [1.807, 2.05) is 19.0 Å². The number of carbonyl (C=O) groups is 1. The van der Waals surface area contributed by atoms with Crippen molar-refractivity contribution in [3.8, 4) is 11.5 Å². The number of halogens is 1. The van der Waals surface area contributed by atoms with Crippen LogP contribution in [0, 0.1) is 0 Å². The third-order valence-corrected chi connectivity index (χ3v) is 3.06. The fourth-order valence-corrected chi connectivity index (χ4v) is 1.89. The van der Waals surface area contributed by atoms with E-state index in [0.29, 0.717) is 22.2 Å². The zero-order valence-electron chi connectivity index (χ0n) is 12.8. The molecule has 1 aromatic carbocycles. The molecule has 0 atom stereocenters. The van der Waals surface area contributed by atoms with Gasteiger partial charge in [-0.1, -0.05) is 11.6 Å². The summed E-state index contributed by atoms with van der Waals surface area (Å²) >= 11 is 6.01. The van der Waals surface area contributed by atoms with Crippen LogP contribution in [0.5, 0.6) is 11.5 Å². The van der Waals surface area contributed by atoms with Gasteiger partial charge in [-0.15, -0.1) is 0 Å². The standard InChI is InChI=1S/C14H22ClN3O3/c1-18(2)6-5-16-9-14(19)17-11-8-12(20-3)10(15)7-13(11)21-4/h7-8,16H,5-6,9H2,1-4H3,(H,17,19). The summed E-state index contributed by atoms with van der Waals surface area (Å²) in [5.41, 5.74) is 0.526. The summed E-state index contributed by atoms with van der Waals surface area (Å²) in [5.74, 6) is 0.812. The molecule has 0 aliphatic carbocycles. The molecule has 0 spiro atoms. The summed E-state index contributed by atoms with van der Waals surface area (Å²) in [5, 5.41) is 6.26. The van der Waals surface area contributed by atoms with Crippen LogP contribution in [0.1, 0.15) is 0 Å². The quantitative estimate of drug-likeness (QED) is 0.711. The number of anilines is 1. The minimum Gasteiger partial charge on any atom is -0.495 e. The highest BCUT2D eigenvalue weighted by Crippen LogP contribution is 2.35. The van der Waals surface area contributed by atoms with Crippen LogP contribution in [0.3, 0.4) is 0 Å². The first kappa shape index (κ1) is 17.6. The minimum atomic E-state index is -0.156. The van der Waals surface area contributed by atoms with Gasteiger partial charge in [0.1, 0.15) is 11.5 Å². The Hall–Kier alpha value is -1.50. The van der Waals surface area contributed by atoms with Crippen molar-refractivity contribution in [3.63, 3.8) is 0 Å². The average molecular weight is 316 g/mol. The predicted molar refractivity (Wildman–Crippen MR) is 84.6 cm³/mol. The van der Waals surface area contributed by atoms with Gasteiger partial charge >= 0.3 is 0 Å². The molecule has 118 valence electrons. The van der Waals surface area contributed by atoms with Crippen LogP contribution in [0.15, 0.2) is 12.1 Å². The molecule has 21 heavy (non-hydrogen) atoms. The molecule has 0 fully saturated rings. The summed E-state index contributed by atoms with van der Waals surface area (Å²) in [6.07, 6.45) is 0. The fourth-order valence-electron chi connectivity index (χ4n) is 1.66. The van der Waals surface area contributed by atoms with Crippen molar-refractivity contribution in [1.82, 2.24) is 10.2 Å². The predicted octanol–water partition coefficient (Wildman–Crippen LogP) is 1.45. The lowest BCUT2D eigenvalue weighted by Crippen LogP contribution is -2.33. The molecular weight excluding hydrogens is 294 g/mol. The second-order valence-electron chi connectivity index (χ2n) is 4.72. The van der Waals surface area contributed by atoms with E-state index < -0.39 is 0 Å². The Morgan fingerprint density at radius 3 is 2.48 bits per heavy atom. The van der Waals surface area contributed by atoms with Crippen LogP contribution in [0.4, 0.5) is 5.69 Å². The number of ether oxygens (including phenoxy) is 2. The van der Waals surface area contributed by atoms with Gasteiger partial charge in [0.15, 0.2) is 0 Å². The van der Waals surface area contributed by atoms with Crippen LogP contribution < -0.4 is 20.1 Å². The van der Waals surface area contributed by atoms with Gasteiger partial charge in [-0.05, 0) is 14.1 Å². The smallest absolute Gasteiger partial charge is 0.238 e. The van der Waals surface area contributed by atoms with Crippen LogP contribution >= 0.6 is 11.6 Å². The number of nitrogens with zero attached hydrogens (tertiary/aromatic N) is 1. The van der Waals surface area contributed by atoms with E-state index in [2.05, 4.69) is 10.6 Å². The first-order chi connectivity index (χ1) is 9.97. The molecule has 0 heterocycles. The van der Waals surface area contributed by atoms with Gasteiger partial charge in [-0.3, -0.25) is 4.79 Å². The average Bonchev–Trinajstić information content (AvgIpc) is 2.44. The maximum atomic E-state index is 11.9. The van der Waals surface area contributed by atoms with Crippen molar-refractivity contribution >= 4 is 23.2 Å². The SMILES string of the molecule is COc1cc(NC(=O)CNCCN(C)C)c(OC)cc1Cl. The van der Waals surface area contributed by atoms with Gasteiger partial charge in [0.25, 0.3) is 0 Å². The summed E-state index contributed by atoms with van der Waals surface area (Å²) in [4.78, 5) is 13.9. The zero-order valence-corrected chi connectivity index (χ0v) is 13.6. The summed E-state index contributed by atoms with van der Waals surface area (Å²) in [7, 11) is 6.99. The van der Waals surface area contributed by atoms with E-state index in [9.17, 15) is 4.79 Å². The first-order valence-electron chi connectivity index (χ1n) is 6.54. The van der Waals surface area contributed by atoms with Crippen LogP contribution in [0.25, 0.3) is 0 Å². The Bertz CT molecular complexity index is 481. The molecule has 1 amide bonds. The van der Waals surface area contributed by atoms with Crippen molar-refractivity contribution in [3.05, 3.63) is 17.2 Å². The number of benzene rings is 1. The van der Waals surface area contributed by atoms with Crippen LogP contribution in [-0.2, 0) is 4.79 Å². The number of nitrogens with one attached hydrogen (secondary N) is 2. The Morgan fingerprint density at radius 2 is 1.90 bits per heavy atom. The van der Waals surface area contributed by atoms with Gasteiger partial charge in [0.05, 0.1) is 31.5 Å². The largest absolute Gasteiger partial charge is 0.495 e.